The molecule has 3 heteroatoms. The molecule has 232 valence electrons. The maximum absolute atomic E-state index is 3.67. The summed E-state index contributed by atoms with van der Waals surface area (Å²) < 4.78 is 3.34. The molecule has 6 aliphatic carbocycles. The van der Waals surface area contributed by atoms with Crippen molar-refractivity contribution >= 4 is 4.21 Å². The largest absolute Gasteiger partial charge is 1.00 e. The minimum Gasteiger partial charge on any atom is -1.00 e. The molecule has 6 aliphatic rings. The van der Waals surface area contributed by atoms with E-state index < -0.39 is 0 Å². The van der Waals surface area contributed by atoms with Gasteiger partial charge in [0.25, 0.3) is 0 Å². The second kappa shape index (κ2) is 13.9. The molecule has 2 aromatic carbocycles. The zero-order valence-electron chi connectivity index (χ0n) is 27.9. The van der Waals surface area contributed by atoms with Crippen LogP contribution in [-0.2, 0) is 41.5 Å². The smallest absolute Gasteiger partial charge is 1.00 e. The first-order valence-electron chi connectivity index (χ1n) is 16.1. The van der Waals surface area contributed by atoms with Crippen LogP contribution in [0.25, 0.3) is 11.1 Å². The normalized spacial score (nSPS) is 27.7. The molecule has 0 aromatic heterocycles. The van der Waals surface area contributed by atoms with E-state index in [9.17, 15) is 0 Å². The van der Waals surface area contributed by atoms with Gasteiger partial charge in [-0.2, -0.15) is 35.4 Å². The molecule has 1 atom stereocenters. The van der Waals surface area contributed by atoms with Crippen molar-refractivity contribution in [2.24, 2.45) is 29.1 Å². The number of benzene rings is 2. The van der Waals surface area contributed by atoms with Gasteiger partial charge < -0.3 is 24.8 Å². The average Bonchev–Trinajstić information content (AvgIpc) is 3.40. The minimum absolute atomic E-state index is 0. The molecule has 8 rings (SSSR count). The van der Waals surface area contributed by atoms with Crippen LogP contribution >= 0.6 is 0 Å². The van der Waals surface area contributed by atoms with Gasteiger partial charge in [0, 0.05) is 0 Å². The number of rotatable bonds is 2. The zero-order chi connectivity index (χ0) is 29.7. The van der Waals surface area contributed by atoms with Crippen molar-refractivity contribution in [3.05, 3.63) is 82.0 Å². The molecule has 1 unspecified atom stereocenters. The van der Waals surface area contributed by atoms with Gasteiger partial charge >= 0.3 is 28.4 Å². The number of halogens is 2. The number of hydrogen-bond donors (Lipinski definition) is 0. The first-order chi connectivity index (χ1) is 19.3. The van der Waals surface area contributed by atoms with Crippen LogP contribution in [0.1, 0.15) is 123 Å². The van der Waals surface area contributed by atoms with E-state index in [0.29, 0.717) is 11.3 Å². The molecule has 0 spiro atoms. The average molecular weight is 695 g/mol. The predicted molar refractivity (Wildman–Crippen MR) is 173 cm³/mol. The molecule has 0 nitrogen and oxygen atoms in total. The maximum atomic E-state index is 3.67. The Morgan fingerprint density at radius 3 is 1.88 bits per heavy atom. The summed E-state index contributed by atoms with van der Waals surface area (Å²) in [5.74, 6) is 3.82. The van der Waals surface area contributed by atoms with Gasteiger partial charge in [0.05, 0.1) is 0 Å². The third-order valence-corrected chi connectivity index (χ3v) is 10.6. The fourth-order valence-electron chi connectivity index (χ4n) is 9.03. The van der Waals surface area contributed by atoms with Crippen LogP contribution in [0.5, 0.6) is 0 Å². The SMILES string of the molecule is CC(C)(C)c1[c-]c2c(cc1)-c1ccc(C(C)(C)C)cc1C2.CC1=[C-]C(C)C=C1CC12CC3CC(CC(C3)C1)C2.[CH2]=[Zr+2].[Cl-].[Cl-]. The van der Waals surface area contributed by atoms with E-state index in [0.717, 1.165) is 24.2 Å². The third kappa shape index (κ3) is 7.98. The second-order valence-electron chi connectivity index (χ2n) is 16.2. The molecular weight excluding hydrogens is 643 g/mol. The Balaban J connectivity index is 0.000000215. The molecule has 2 aromatic rings. The van der Waals surface area contributed by atoms with Crippen molar-refractivity contribution in [1.29, 1.82) is 0 Å². The van der Waals surface area contributed by atoms with Gasteiger partial charge in [0.2, 0.25) is 0 Å². The number of allylic oxidation sites excluding steroid dienone is 4. The van der Waals surface area contributed by atoms with Gasteiger partial charge in [-0.15, -0.1) is 11.1 Å². The second-order valence-corrected chi connectivity index (χ2v) is 16.2. The Morgan fingerprint density at radius 1 is 0.837 bits per heavy atom. The van der Waals surface area contributed by atoms with Crippen molar-refractivity contribution in [3.63, 3.8) is 0 Å². The van der Waals surface area contributed by atoms with Gasteiger partial charge in [-0.1, -0.05) is 91.5 Å². The van der Waals surface area contributed by atoms with Crippen molar-refractivity contribution in [3.8, 4) is 11.1 Å². The molecule has 0 heterocycles. The third-order valence-electron chi connectivity index (χ3n) is 10.6. The molecule has 0 N–H and O–H groups in total. The molecule has 4 saturated carbocycles. The molecule has 0 amide bonds. The van der Waals surface area contributed by atoms with Gasteiger partial charge in [-0.25, -0.2) is 5.57 Å². The standard InChI is InChI=1S/C21H25.C18H25.CH2.2ClH.Zr/c1-20(2,3)16-7-9-18-14(12-16)11-15-13-17(21(4,5)6)8-10-19(15)18;1-12-3-13(2)17(4-12)11-18-8-14-5-15(9-18)7-16(6-14)10-18;;;;/h7-10,12H,11H2,1-6H3;4,12,14-16H,5-11H2,1-2H3;1H2;2*1H;/q2*-1;;;;+2/p-2. The molecule has 0 saturated heterocycles. The Hall–Kier alpha value is -0.747. The van der Waals surface area contributed by atoms with E-state index in [-0.39, 0.29) is 35.6 Å². The summed E-state index contributed by atoms with van der Waals surface area (Å²) >= 11 is 1.30. The van der Waals surface area contributed by atoms with E-state index in [2.05, 4.69) is 108 Å². The summed E-state index contributed by atoms with van der Waals surface area (Å²) in [5, 5.41) is 0. The monoisotopic (exact) mass is 692 g/mol. The molecule has 0 radical (unpaired) electrons. The van der Waals surface area contributed by atoms with Crippen LogP contribution in [0.2, 0.25) is 0 Å². The van der Waals surface area contributed by atoms with Crippen LogP contribution in [0.15, 0.2) is 47.6 Å². The van der Waals surface area contributed by atoms with Gasteiger partial charge in [0.15, 0.2) is 0 Å². The van der Waals surface area contributed by atoms with E-state index in [4.69, 9.17) is 0 Å². The summed E-state index contributed by atoms with van der Waals surface area (Å²) in [7, 11) is 0. The first kappa shape index (κ1) is 36.7. The van der Waals surface area contributed by atoms with Gasteiger partial charge in [-0.05, 0) is 90.1 Å². The molecular formula is C40H52Cl2Zr-2. The summed E-state index contributed by atoms with van der Waals surface area (Å²) in [6.07, 6.45) is 17.8. The van der Waals surface area contributed by atoms with Crippen LogP contribution < -0.4 is 24.8 Å². The molecule has 4 bridgehead atoms. The summed E-state index contributed by atoms with van der Waals surface area (Å²) in [6.45, 7) is 18.1. The van der Waals surface area contributed by atoms with Crippen LogP contribution in [0.3, 0.4) is 0 Å². The molecule has 43 heavy (non-hydrogen) atoms. The summed E-state index contributed by atoms with van der Waals surface area (Å²) in [6, 6.07) is 15.2. The van der Waals surface area contributed by atoms with Crippen LogP contribution in [-0.4, -0.2) is 4.21 Å². The topological polar surface area (TPSA) is 0 Å². The molecule has 4 fully saturated rings. The fraction of sp³-hybridized carbons (Fsp3) is 0.575. The summed E-state index contributed by atoms with van der Waals surface area (Å²) in [4.78, 5) is 0. The predicted octanol–water partition coefficient (Wildman–Crippen LogP) is 4.54. The van der Waals surface area contributed by atoms with Crippen molar-refractivity contribution in [1.82, 2.24) is 0 Å². The van der Waals surface area contributed by atoms with Crippen LogP contribution in [0, 0.1) is 41.2 Å². The quantitative estimate of drug-likeness (QED) is 0.346. The Morgan fingerprint density at radius 2 is 1.40 bits per heavy atom. The number of fused-ring (bicyclic) bond motifs is 3. The van der Waals surface area contributed by atoms with Gasteiger partial charge in [0.1, 0.15) is 0 Å². The van der Waals surface area contributed by atoms with Crippen molar-refractivity contribution < 1.29 is 49.0 Å². The van der Waals surface area contributed by atoms with E-state index >= 15 is 0 Å². The zero-order valence-corrected chi connectivity index (χ0v) is 31.9. The summed E-state index contributed by atoms with van der Waals surface area (Å²) in [5.41, 5.74) is 12.5. The minimum atomic E-state index is 0. The van der Waals surface area contributed by atoms with Crippen molar-refractivity contribution in [2.75, 3.05) is 0 Å². The first-order valence-corrected chi connectivity index (χ1v) is 17.9. The maximum Gasteiger partial charge on any atom is -1.00 e. The Kier molecular flexibility index (Phi) is 11.9. The Bertz CT molecular complexity index is 1250. The number of hydrogen-bond acceptors (Lipinski definition) is 0. The van der Waals surface area contributed by atoms with E-state index in [1.807, 2.05) is 0 Å². The Labute approximate surface area is 291 Å². The molecule has 0 aliphatic heterocycles. The van der Waals surface area contributed by atoms with Crippen molar-refractivity contribution in [2.45, 2.75) is 118 Å². The van der Waals surface area contributed by atoms with Crippen LogP contribution in [0.4, 0.5) is 0 Å². The van der Waals surface area contributed by atoms with E-state index in [1.165, 1.54) is 69.6 Å². The van der Waals surface area contributed by atoms with E-state index in [1.54, 1.807) is 44.1 Å². The van der Waals surface area contributed by atoms with Gasteiger partial charge in [-0.3, -0.25) is 6.08 Å². The fourth-order valence-corrected chi connectivity index (χ4v) is 9.03.